The monoisotopic (exact) mass is 284 g/mol. The zero-order valence-corrected chi connectivity index (χ0v) is 11.0. The second-order valence-electron chi connectivity index (χ2n) is 3.45. The molecule has 0 spiro atoms. The molecule has 0 saturated carbocycles. The van der Waals surface area contributed by atoms with E-state index in [-0.39, 0.29) is 10.6 Å². The van der Waals surface area contributed by atoms with Crippen molar-refractivity contribution in [1.29, 1.82) is 0 Å². The van der Waals surface area contributed by atoms with E-state index in [1.165, 1.54) is 17.8 Å². The molecule has 0 amide bonds. The fourth-order valence-corrected chi connectivity index (χ4v) is 2.27. The van der Waals surface area contributed by atoms with E-state index >= 15 is 0 Å². The Labute approximate surface area is 112 Å². The molecule has 1 aromatic heterocycles. The Hall–Kier alpha value is -1.53. The molecule has 0 radical (unpaired) electrons. The number of aryl methyl sites for hydroxylation is 1. The predicted octanol–water partition coefficient (Wildman–Crippen LogP) is 3.02. The number of carboxylic acids is 1. The number of thioether (sulfide) groups is 1. The Morgan fingerprint density at radius 1 is 1.50 bits per heavy atom. The smallest absolute Gasteiger partial charge is 0.337 e. The summed E-state index contributed by atoms with van der Waals surface area (Å²) in [4.78, 5) is 11.7. The molecule has 0 aliphatic carbocycles. The lowest BCUT2D eigenvalue weighted by Crippen LogP contribution is -1.97. The Morgan fingerprint density at radius 2 is 2.28 bits per heavy atom. The summed E-state index contributed by atoms with van der Waals surface area (Å²) in [6.07, 6.45) is 0. The van der Waals surface area contributed by atoms with Crippen LogP contribution in [-0.2, 0) is 5.75 Å². The van der Waals surface area contributed by atoms with Gasteiger partial charge in [0.05, 0.1) is 16.3 Å². The van der Waals surface area contributed by atoms with Crippen molar-refractivity contribution >= 4 is 29.3 Å². The van der Waals surface area contributed by atoms with Crippen molar-refractivity contribution in [2.45, 2.75) is 17.6 Å². The van der Waals surface area contributed by atoms with E-state index in [9.17, 15) is 4.79 Å². The number of hydrogen-bond donors (Lipinski definition) is 1. The highest BCUT2D eigenvalue weighted by molar-refractivity contribution is 7.98. The van der Waals surface area contributed by atoms with Crippen LogP contribution in [0.5, 0.6) is 0 Å². The lowest BCUT2D eigenvalue weighted by atomic mass is 10.2. The molecule has 0 atom stereocenters. The zero-order chi connectivity index (χ0) is 13.1. The second-order valence-corrected chi connectivity index (χ2v) is 4.91. The quantitative estimate of drug-likeness (QED) is 0.870. The van der Waals surface area contributed by atoms with Crippen molar-refractivity contribution in [3.05, 3.63) is 40.6 Å². The van der Waals surface area contributed by atoms with Crippen LogP contribution < -0.4 is 0 Å². The minimum atomic E-state index is -1.05. The molecule has 1 aromatic carbocycles. The topological polar surface area (TPSA) is 76.2 Å². The van der Waals surface area contributed by atoms with Gasteiger partial charge < -0.3 is 9.52 Å². The van der Waals surface area contributed by atoms with Crippen molar-refractivity contribution in [2.75, 3.05) is 0 Å². The van der Waals surface area contributed by atoms with Gasteiger partial charge in [-0.1, -0.05) is 11.6 Å². The maximum absolute atomic E-state index is 10.9. The summed E-state index contributed by atoms with van der Waals surface area (Å²) in [7, 11) is 0. The van der Waals surface area contributed by atoms with Gasteiger partial charge in [0.1, 0.15) is 0 Å². The third kappa shape index (κ3) is 3.02. The SMILES string of the molecule is Cc1nnc(CSc2ccc(Cl)c(C(=O)O)c2)o1. The summed E-state index contributed by atoms with van der Waals surface area (Å²) in [5.41, 5.74) is 0.0865. The van der Waals surface area contributed by atoms with Gasteiger partial charge in [-0.05, 0) is 18.2 Å². The number of rotatable bonds is 4. The van der Waals surface area contributed by atoms with Crippen molar-refractivity contribution in [3.63, 3.8) is 0 Å². The van der Waals surface area contributed by atoms with Crippen molar-refractivity contribution < 1.29 is 14.3 Å². The molecule has 2 aromatic rings. The summed E-state index contributed by atoms with van der Waals surface area (Å²) in [6.45, 7) is 1.71. The molecule has 0 bridgehead atoms. The van der Waals surface area contributed by atoms with Crippen molar-refractivity contribution in [1.82, 2.24) is 10.2 Å². The normalized spacial score (nSPS) is 10.6. The van der Waals surface area contributed by atoms with E-state index < -0.39 is 5.97 Å². The summed E-state index contributed by atoms with van der Waals surface area (Å²) in [5.74, 6) is 0.454. The largest absolute Gasteiger partial charge is 0.478 e. The van der Waals surface area contributed by atoms with Crippen LogP contribution in [0.25, 0.3) is 0 Å². The molecule has 0 aliphatic heterocycles. The average Bonchev–Trinajstić information content (AvgIpc) is 2.74. The van der Waals surface area contributed by atoms with E-state index in [0.717, 1.165) is 4.90 Å². The van der Waals surface area contributed by atoms with Crippen LogP contribution >= 0.6 is 23.4 Å². The molecule has 18 heavy (non-hydrogen) atoms. The molecule has 0 fully saturated rings. The van der Waals surface area contributed by atoms with Gasteiger partial charge in [0.25, 0.3) is 0 Å². The molecular weight excluding hydrogens is 276 g/mol. The number of hydrogen-bond acceptors (Lipinski definition) is 5. The average molecular weight is 285 g/mol. The van der Waals surface area contributed by atoms with Crippen LogP contribution in [0.15, 0.2) is 27.5 Å². The lowest BCUT2D eigenvalue weighted by molar-refractivity contribution is 0.0697. The fraction of sp³-hybridized carbons (Fsp3) is 0.182. The predicted molar refractivity (Wildman–Crippen MR) is 67.0 cm³/mol. The summed E-state index contributed by atoms with van der Waals surface area (Å²) < 4.78 is 5.22. The number of carboxylic acid groups (broad SMARTS) is 1. The Kier molecular flexibility index (Phi) is 3.88. The second kappa shape index (κ2) is 5.41. The minimum absolute atomic E-state index is 0.0865. The molecule has 0 aliphatic rings. The van der Waals surface area contributed by atoms with Gasteiger partial charge in [-0.15, -0.1) is 22.0 Å². The van der Waals surface area contributed by atoms with E-state index in [0.29, 0.717) is 17.5 Å². The molecule has 5 nitrogen and oxygen atoms in total. The molecule has 0 unspecified atom stereocenters. The lowest BCUT2D eigenvalue weighted by Gasteiger charge is -2.02. The molecule has 7 heteroatoms. The summed E-state index contributed by atoms with van der Waals surface area (Å²) in [6, 6.07) is 4.84. The summed E-state index contributed by atoms with van der Waals surface area (Å²) in [5, 5.41) is 16.7. The van der Waals surface area contributed by atoms with Gasteiger partial charge in [-0.3, -0.25) is 0 Å². The van der Waals surface area contributed by atoms with Crippen LogP contribution in [0.4, 0.5) is 0 Å². The number of halogens is 1. The van der Waals surface area contributed by atoms with Crippen LogP contribution in [0.3, 0.4) is 0 Å². The third-order valence-corrected chi connectivity index (χ3v) is 3.41. The van der Waals surface area contributed by atoms with Gasteiger partial charge in [0, 0.05) is 11.8 Å². The molecule has 0 saturated heterocycles. The number of aromatic carboxylic acids is 1. The Bertz CT molecular complexity index is 585. The Morgan fingerprint density at radius 3 is 2.89 bits per heavy atom. The number of aromatic nitrogens is 2. The van der Waals surface area contributed by atoms with Gasteiger partial charge in [0.15, 0.2) is 0 Å². The molecule has 1 heterocycles. The van der Waals surface area contributed by atoms with Gasteiger partial charge in [-0.25, -0.2) is 4.79 Å². The highest BCUT2D eigenvalue weighted by Crippen LogP contribution is 2.26. The first-order valence-electron chi connectivity index (χ1n) is 5.01. The Balaban J connectivity index is 2.10. The van der Waals surface area contributed by atoms with Crippen molar-refractivity contribution in [3.8, 4) is 0 Å². The highest BCUT2D eigenvalue weighted by Gasteiger charge is 2.10. The zero-order valence-electron chi connectivity index (χ0n) is 9.38. The maximum Gasteiger partial charge on any atom is 0.337 e. The molecule has 94 valence electrons. The first-order chi connectivity index (χ1) is 8.56. The fourth-order valence-electron chi connectivity index (χ4n) is 1.30. The van der Waals surface area contributed by atoms with Crippen LogP contribution in [0, 0.1) is 6.92 Å². The van der Waals surface area contributed by atoms with Crippen LogP contribution in [0.2, 0.25) is 5.02 Å². The number of benzene rings is 1. The maximum atomic E-state index is 10.9. The standard InChI is InChI=1S/C11H9ClN2O3S/c1-6-13-14-10(17-6)5-18-7-2-3-9(12)8(4-7)11(15)16/h2-4H,5H2,1H3,(H,15,16). The number of carbonyl (C=O) groups is 1. The molecule has 2 rings (SSSR count). The van der Waals surface area contributed by atoms with E-state index in [1.54, 1.807) is 19.1 Å². The van der Waals surface area contributed by atoms with E-state index in [4.69, 9.17) is 21.1 Å². The van der Waals surface area contributed by atoms with Crippen molar-refractivity contribution in [2.24, 2.45) is 0 Å². The number of nitrogens with zero attached hydrogens (tertiary/aromatic N) is 2. The summed E-state index contributed by atoms with van der Waals surface area (Å²) >= 11 is 7.19. The first-order valence-corrected chi connectivity index (χ1v) is 6.37. The van der Waals surface area contributed by atoms with Crippen LogP contribution in [0.1, 0.15) is 22.1 Å². The molecule has 1 N–H and O–H groups in total. The highest BCUT2D eigenvalue weighted by atomic mass is 35.5. The van der Waals surface area contributed by atoms with E-state index in [2.05, 4.69) is 10.2 Å². The molecular formula is C11H9ClN2O3S. The minimum Gasteiger partial charge on any atom is -0.478 e. The third-order valence-electron chi connectivity index (χ3n) is 2.10. The van der Waals surface area contributed by atoms with Gasteiger partial charge in [-0.2, -0.15) is 0 Å². The first kappa shape index (κ1) is 12.9. The van der Waals surface area contributed by atoms with E-state index in [1.807, 2.05) is 0 Å². The van der Waals surface area contributed by atoms with Crippen LogP contribution in [-0.4, -0.2) is 21.3 Å². The van der Waals surface area contributed by atoms with Gasteiger partial charge in [0.2, 0.25) is 11.8 Å². The van der Waals surface area contributed by atoms with Gasteiger partial charge >= 0.3 is 5.97 Å².